The Bertz CT molecular complexity index is 1070. The van der Waals surface area contributed by atoms with Crippen molar-refractivity contribution >= 4 is 17.3 Å². The minimum atomic E-state index is -0.624. The van der Waals surface area contributed by atoms with Gasteiger partial charge in [0.15, 0.2) is 23.1 Å². The minimum absolute atomic E-state index is 0.143. The fourth-order valence-electron chi connectivity index (χ4n) is 2.11. The molecule has 0 aliphatic carbocycles. The average Bonchev–Trinajstić information content (AvgIpc) is 3.37. The minimum Gasteiger partial charge on any atom is -0.453 e. The zero-order valence-corrected chi connectivity index (χ0v) is 14.4. The van der Waals surface area contributed by atoms with Gasteiger partial charge in [0, 0.05) is 23.3 Å². The van der Waals surface area contributed by atoms with E-state index in [2.05, 4.69) is 25.1 Å². The predicted molar refractivity (Wildman–Crippen MR) is 92.0 cm³/mol. The van der Waals surface area contributed by atoms with E-state index in [1.165, 1.54) is 35.6 Å². The van der Waals surface area contributed by atoms with Crippen molar-refractivity contribution in [1.29, 1.82) is 0 Å². The first-order valence-corrected chi connectivity index (χ1v) is 8.55. The fourth-order valence-corrected chi connectivity index (χ4v) is 2.84. The van der Waals surface area contributed by atoms with Crippen LogP contribution in [0.15, 0.2) is 52.6 Å². The molecule has 1 aromatic carbocycles. The van der Waals surface area contributed by atoms with Crippen LogP contribution in [0, 0.1) is 5.82 Å². The molecule has 0 bridgehead atoms. The van der Waals surface area contributed by atoms with Crippen molar-refractivity contribution in [1.82, 2.24) is 25.1 Å². The molecule has 8 nitrogen and oxygen atoms in total. The van der Waals surface area contributed by atoms with Gasteiger partial charge in [0.1, 0.15) is 5.82 Å². The third-order valence-electron chi connectivity index (χ3n) is 3.36. The predicted octanol–water partition coefficient (Wildman–Crippen LogP) is 3.15. The lowest BCUT2D eigenvalue weighted by Crippen LogP contribution is -2.06. The highest BCUT2D eigenvalue weighted by Gasteiger charge is 2.16. The summed E-state index contributed by atoms with van der Waals surface area (Å²) in [6, 6.07) is 7.30. The standard InChI is InChI=1S/C17H10FN5O3S/c18-11-4-2-10(3-5-11)15-22-13(23-26-15)8-25-17(24)12-9-27-16(21-12)14-19-6-1-7-20-14/h1-7,9H,8H2. The van der Waals surface area contributed by atoms with E-state index in [1.54, 1.807) is 23.8 Å². The molecule has 0 N–H and O–H groups in total. The molecule has 3 aromatic heterocycles. The van der Waals surface area contributed by atoms with Crippen LogP contribution in [0.4, 0.5) is 4.39 Å². The van der Waals surface area contributed by atoms with Gasteiger partial charge in [0.25, 0.3) is 5.89 Å². The van der Waals surface area contributed by atoms with Crippen LogP contribution in [0.1, 0.15) is 16.3 Å². The molecule has 0 aliphatic heterocycles. The number of hydrogen-bond acceptors (Lipinski definition) is 9. The molecular weight excluding hydrogens is 373 g/mol. The van der Waals surface area contributed by atoms with Crippen LogP contribution in [-0.2, 0) is 11.3 Å². The molecule has 0 saturated heterocycles. The number of carbonyl (C=O) groups is 1. The Morgan fingerprint density at radius 2 is 1.93 bits per heavy atom. The zero-order chi connectivity index (χ0) is 18.6. The number of carbonyl (C=O) groups excluding carboxylic acids is 1. The van der Waals surface area contributed by atoms with Crippen molar-refractivity contribution in [3.05, 3.63) is 65.4 Å². The maximum atomic E-state index is 13.0. The lowest BCUT2D eigenvalue weighted by atomic mass is 10.2. The first-order valence-electron chi connectivity index (χ1n) is 7.67. The molecule has 134 valence electrons. The molecule has 0 unspecified atom stereocenters. The number of thiazole rings is 1. The molecule has 0 fully saturated rings. The molecule has 0 atom stereocenters. The SMILES string of the molecule is O=C(OCc1noc(-c2ccc(F)cc2)n1)c1csc(-c2ncccn2)n1. The smallest absolute Gasteiger partial charge is 0.358 e. The van der Waals surface area contributed by atoms with E-state index in [9.17, 15) is 9.18 Å². The number of halogens is 1. The summed E-state index contributed by atoms with van der Waals surface area (Å²) in [5.41, 5.74) is 0.707. The summed E-state index contributed by atoms with van der Waals surface area (Å²) in [5.74, 6) is -0.163. The van der Waals surface area contributed by atoms with E-state index in [1.807, 2.05) is 0 Å². The Hall–Kier alpha value is -3.53. The highest BCUT2D eigenvalue weighted by atomic mass is 32.1. The van der Waals surface area contributed by atoms with E-state index in [4.69, 9.17) is 9.26 Å². The van der Waals surface area contributed by atoms with E-state index in [-0.39, 0.29) is 29.8 Å². The van der Waals surface area contributed by atoms with E-state index >= 15 is 0 Å². The molecule has 0 saturated carbocycles. The van der Waals surface area contributed by atoms with E-state index in [0.29, 0.717) is 16.4 Å². The topological polar surface area (TPSA) is 104 Å². The summed E-state index contributed by atoms with van der Waals surface area (Å²) in [4.78, 5) is 28.6. The Kier molecular flexibility index (Phi) is 4.62. The van der Waals surface area contributed by atoms with Crippen molar-refractivity contribution in [3.8, 4) is 22.3 Å². The number of esters is 1. The second-order valence-electron chi connectivity index (χ2n) is 5.21. The first kappa shape index (κ1) is 16.9. The molecule has 10 heteroatoms. The normalized spacial score (nSPS) is 10.7. The molecule has 0 amide bonds. The van der Waals surface area contributed by atoms with Gasteiger partial charge in [0.05, 0.1) is 0 Å². The van der Waals surface area contributed by atoms with Crippen molar-refractivity contribution in [2.75, 3.05) is 0 Å². The number of hydrogen-bond donors (Lipinski definition) is 0. The van der Waals surface area contributed by atoms with E-state index in [0.717, 1.165) is 0 Å². The third-order valence-corrected chi connectivity index (χ3v) is 4.20. The quantitative estimate of drug-likeness (QED) is 0.484. The van der Waals surface area contributed by atoms with Crippen LogP contribution in [0.5, 0.6) is 0 Å². The van der Waals surface area contributed by atoms with Gasteiger partial charge in [-0.3, -0.25) is 0 Å². The number of ether oxygens (including phenoxy) is 1. The maximum Gasteiger partial charge on any atom is 0.358 e. The summed E-state index contributed by atoms with van der Waals surface area (Å²) in [5, 5.41) is 5.82. The van der Waals surface area contributed by atoms with Gasteiger partial charge in [-0.1, -0.05) is 5.16 Å². The van der Waals surface area contributed by atoms with Crippen LogP contribution in [0.3, 0.4) is 0 Å². The fraction of sp³-hybridized carbons (Fsp3) is 0.0588. The summed E-state index contributed by atoms with van der Waals surface area (Å²) >= 11 is 1.24. The van der Waals surface area contributed by atoms with Gasteiger partial charge in [0.2, 0.25) is 5.82 Å². The first-order chi connectivity index (χ1) is 13.2. The Morgan fingerprint density at radius 1 is 1.15 bits per heavy atom. The monoisotopic (exact) mass is 383 g/mol. The highest BCUT2D eigenvalue weighted by Crippen LogP contribution is 2.21. The molecule has 0 aliphatic rings. The summed E-state index contributed by atoms with van der Waals surface area (Å²) in [6.07, 6.45) is 3.19. The van der Waals surface area contributed by atoms with Gasteiger partial charge in [-0.05, 0) is 30.3 Å². The van der Waals surface area contributed by atoms with Crippen molar-refractivity contribution in [2.45, 2.75) is 6.61 Å². The second kappa shape index (κ2) is 7.38. The summed E-state index contributed by atoms with van der Waals surface area (Å²) in [7, 11) is 0. The third kappa shape index (κ3) is 3.85. The van der Waals surface area contributed by atoms with Crippen LogP contribution < -0.4 is 0 Å². The molecular formula is C17H10FN5O3S. The van der Waals surface area contributed by atoms with Gasteiger partial charge < -0.3 is 9.26 Å². The lowest BCUT2D eigenvalue weighted by molar-refractivity contribution is 0.0454. The molecule has 0 radical (unpaired) electrons. The van der Waals surface area contributed by atoms with Crippen molar-refractivity contribution in [2.24, 2.45) is 0 Å². The van der Waals surface area contributed by atoms with E-state index < -0.39 is 5.97 Å². The molecule has 4 aromatic rings. The average molecular weight is 383 g/mol. The molecule has 27 heavy (non-hydrogen) atoms. The van der Waals surface area contributed by atoms with Gasteiger partial charge >= 0.3 is 5.97 Å². The van der Waals surface area contributed by atoms with Crippen LogP contribution >= 0.6 is 11.3 Å². The van der Waals surface area contributed by atoms with Crippen LogP contribution in [0.2, 0.25) is 0 Å². The largest absolute Gasteiger partial charge is 0.453 e. The maximum absolute atomic E-state index is 13.0. The van der Waals surface area contributed by atoms with Crippen molar-refractivity contribution in [3.63, 3.8) is 0 Å². The number of rotatable bonds is 5. The zero-order valence-electron chi connectivity index (χ0n) is 13.6. The second-order valence-corrected chi connectivity index (χ2v) is 6.07. The van der Waals surface area contributed by atoms with Crippen LogP contribution in [0.25, 0.3) is 22.3 Å². The number of aromatic nitrogens is 5. The molecule has 3 heterocycles. The van der Waals surface area contributed by atoms with Crippen LogP contribution in [-0.4, -0.2) is 31.1 Å². The lowest BCUT2D eigenvalue weighted by Gasteiger charge is -1.98. The summed E-state index contributed by atoms with van der Waals surface area (Å²) in [6.45, 7) is -0.182. The number of benzene rings is 1. The number of nitrogens with zero attached hydrogens (tertiary/aromatic N) is 5. The molecule has 0 spiro atoms. The van der Waals surface area contributed by atoms with Crippen molar-refractivity contribution < 1.29 is 18.4 Å². The Morgan fingerprint density at radius 3 is 2.70 bits per heavy atom. The summed E-state index contributed by atoms with van der Waals surface area (Å²) < 4.78 is 23.2. The molecule has 4 rings (SSSR count). The Balaban J connectivity index is 1.40. The Labute approximate surface area is 155 Å². The van der Waals surface area contributed by atoms with Gasteiger partial charge in [-0.25, -0.2) is 24.1 Å². The highest BCUT2D eigenvalue weighted by molar-refractivity contribution is 7.13. The van der Waals surface area contributed by atoms with Gasteiger partial charge in [-0.15, -0.1) is 11.3 Å². The van der Waals surface area contributed by atoms with Gasteiger partial charge in [-0.2, -0.15) is 4.98 Å².